The molecule has 0 saturated carbocycles. The molecule has 1 aliphatic rings. The van der Waals surface area contributed by atoms with Gasteiger partial charge in [-0.3, -0.25) is 9.89 Å². The quantitative estimate of drug-likeness (QED) is 0.611. The number of carbonyl (C=O) groups excluding carboxylic acids is 1. The van der Waals surface area contributed by atoms with Crippen LogP contribution in [-0.2, 0) is 0 Å². The third-order valence-corrected chi connectivity index (χ3v) is 5.70. The van der Waals surface area contributed by atoms with Crippen LogP contribution in [0.15, 0.2) is 54.6 Å². The van der Waals surface area contributed by atoms with Crippen molar-refractivity contribution in [1.29, 1.82) is 0 Å². The van der Waals surface area contributed by atoms with Gasteiger partial charge in [-0.25, -0.2) is 0 Å². The third-order valence-electron chi connectivity index (χ3n) is 5.70. The molecule has 0 atom stereocenters. The number of benzene rings is 2. The highest BCUT2D eigenvalue weighted by atomic mass is 16.5. The van der Waals surface area contributed by atoms with Crippen LogP contribution in [0.2, 0.25) is 0 Å². The van der Waals surface area contributed by atoms with Gasteiger partial charge in [-0.05, 0) is 49.4 Å². The second-order valence-electron chi connectivity index (χ2n) is 7.85. The summed E-state index contributed by atoms with van der Waals surface area (Å²) in [5, 5.41) is 7.21. The average Bonchev–Trinajstić information content (AvgIpc) is 3.31. The molecule has 0 aliphatic carbocycles. The molecule has 1 aliphatic heterocycles. The van der Waals surface area contributed by atoms with E-state index >= 15 is 0 Å². The topological polar surface area (TPSA) is 71.9 Å². The Morgan fingerprint density at radius 3 is 2.42 bits per heavy atom. The van der Waals surface area contributed by atoms with E-state index in [9.17, 15) is 4.79 Å². The summed E-state index contributed by atoms with van der Waals surface area (Å²) >= 11 is 0. The fraction of sp³-hybridized carbons (Fsp3) is 0.333. The molecule has 1 saturated heterocycles. The number of nitrogens with zero attached hydrogens (tertiary/aromatic N) is 2. The summed E-state index contributed by atoms with van der Waals surface area (Å²) in [5.74, 6) is 1.70. The number of amides is 1. The van der Waals surface area contributed by atoms with Gasteiger partial charge < -0.3 is 19.3 Å². The Bertz CT molecular complexity index is 990. The molecule has 4 rings (SSSR count). The van der Waals surface area contributed by atoms with Crippen molar-refractivity contribution in [3.05, 3.63) is 65.9 Å². The first-order valence-electron chi connectivity index (χ1n) is 10.6. The SMILES string of the molecule is COc1ccc(-c2cc(C(=O)N3CC[NH+](CCOc4ccc(C)cc4)CC3)[nH]n2)cc1. The minimum absolute atomic E-state index is 0.00205. The highest BCUT2D eigenvalue weighted by Gasteiger charge is 2.25. The van der Waals surface area contributed by atoms with E-state index in [1.165, 1.54) is 10.5 Å². The molecule has 1 aromatic heterocycles. The van der Waals surface area contributed by atoms with E-state index in [1.807, 2.05) is 47.4 Å². The minimum atomic E-state index is 0.00205. The summed E-state index contributed by atoms with van der Waals surface area (Å²) in [6.45, 7) is 6.98. The molecule has 3 aromatic rings. The lowest BCUT2D eigenvalue weighted by Crippen LogP contribution is -3.15. The molecule has 7 heteroatoms. The number of methoxy groups -OCH3 is 1. The Morgan fingerprint density at radius 1 is 1.06 bits per heavy atom. The second-order valence-corrected chi connectivity index (χ2v) is 7.85. The van der Waals surface area contributed by atoms with Gasteiger partial charge >= 0.3 is 0 Å². The van der Waals surface area contributed by atoms with Gasteiger partial charge in [-0.1, -0.05) is 17.7 Å². The number of rotatable bonds is 7. The smallest absolute Gasteiger partial charge is 0.272 e. The van der Waals surface area contributed by atoms with Crippen LogP contribution in [0.25, 0.3) is 11.3 Å². The maximum atomic E-state index is 12.9. The number of carbonyl (C=O) groups is 1. The first-order valence-corrected chi connectivity index (χ1v) is 10.6. The normalized spacial score (nSPS) is 14.5. The molecule has 0 spiro atoms. The minimum Gasteiger partial charge on any atom is -0.497 e. The van der Waals surface area contributed by atoms with E-state index in [2.05, 4.69) is 29.3 Å². The van der Waals surface area contributed by atoms with E-state index in [4.69, 9.17) is 9.47 Å². The molecule has 162 valence electrons. The van der Waals surface area contributed by atoms with Crippen molar-refractivity contribution in [2.24, 2.45) is 0 Å². The van der Waals surface area contributed by atoms with Crippen molar-refractivity contribution in [2.75, 3.05) is 46.4 Å². The summed E-state index contributed by atoms with van der Waals surface area (Å²) in [6.07, 6.45) is 0. The van der Waals surface area contributed by atoms with Gasteiger partial charge in [0, 0.05) is 5.56 Å². The van der Waals surface area contributed by atoms with E-state index in [0.29, 0.717) is 12.3 Å². The maximum absolute atomic E-state index is 12.9. The van der Waals surface area contributed by atoms with E-state index in [1.54, 1.807) is 7.11 Å². The van der Waals surface area contributed by atoms with Gasteiger partial charge in [0.05, 0.1) is 39.0 Å². The molecule has 2 N–H and O–H groups in total. The molecule has 7 nitrogen and oxygen atoms in total. The number of hydrogen-bond acceptors (Lipinski definition) is 4. The standard InChI is InChI=1S/C24H28N4O3/c1-18-3-7-21(8-4-18)31-16-15-27-11-13-28(14-12-27)24(29)23-17-22(25-26-23)19-5-9-20(30-2)10-6-19/h3-10,17H,11-16H2,1-2H3,(H,25,26)/p+1. The van der Waals surface area contributed by atoms with Crippen molar-refractivity contribution < 1.29 is 19.2 Å². The van der Waals surface area contributed by atoms with Crippen LogP contribution in [0.3, 0.4) is 0 Å². The zero-order valence-corrected chi connectivity index (χ0v) is 18.1. The van der Waals surface area contributed by atoms with E-state index in [0.717, 1.165) is 55.5 Å². The van der Waals surface area contributed by atoms with E-state index in [-0.39, 0.29) is 5.91 Å². The molecular formula is C24H29N4O3+. The van der Waals surface area contributed by atoms with Crippen LogP contribution < -0.4 is 14.4 Å². The predicted molar refractivity (Wildman–Crippen MR) is 119 cm³/mol. The molecule has 0 radical (unpaired) electrons. The fourth-order valence-electron chi connectivity index (χ4n) is 3.74. The Labute approximate surface area is 182 Å². The molecule has 0 bridgehead atoms. The maximum Gasteiger partial charge on any atom is 0.272 e. The number of piperazine rings is 1. The van der Waals surface area contributed by atoms with Crippen molar-refractivity contribution in [3.8, 4) is 22.8 Å². The zero-order chi connectivity index (χ0) is 21.6. The summed E-state index contributed by atoms with van der Waals surface area (Å²) in [7, 11) is 1.64. The van der Waals surface area contributed by atoms with Crippen molar-refractivity contribution >= 4 is 5.91 Å². The number of quaternary nitrogens is 1. The van der Waals surface area contributed by atoms with Crippen LogP contribution in [0, 0.1) is 6.92 Å². The Kier molecular flexibility index (Phi) is 6.52. The highest BCUT2D eigenvalue weighted by Crippen LogP contribution is 2.21. The number of H-pyrrole nitrogens is 1. The summed E-state index contributed by atoms with van der Waals surface area (Å²) in [6, 6.07) is 17.6. The van der Waals surface area contributed by atoms with Crippen LogP contribution in [-0.4, -0.2) is 67.4 Å². The zero-order valence-electron chi connectivity index (χ0n) is 18.1. The fourth-order valence-corrected chi connectivity index (χ4v) is 3.74. The molecule has 31 heavy (non-hydrogen) atoms. The third kappa shape index (κ3) is 5.24. The first kappa shape index (κ1) is 20.9. The van der Waals surface area contributed by atoms with Gasteiger partial charge in [-0.2, -0.15) is 5.10 Å². The average molecular weight is 422 g/mol. The van der Waals surface area contributed by atoms with Crippen LogP contribution in [0.4, 0.5) is 0 Å². The molecule has 0 unspecified atom stereocenters. The lowest BCUT2D eigenvalue weighted by Gasteiger charge is -2.31. The number of aromatic amines is 1. The number of nitrogens with one attached hydrogen (secondary N) is 2. The monoisotopic (exact) mass is 421 g/mol. The van der Waals surface area contributed by atoms with E-state index < -0.39 is 0 Å². The number of hydrogen-bond donors (Lipinski definition) is 2. The summed E-state index contributed by atoms with van der Waals surface area (Å²) in [5.41, 5.74) is 3.45. The van der Waals surface area contributed by atoms with Gasteiger partial charge in [0.15, 0.2) is 0 Å². The van der Waals surface area contributed by atoms with Crippen LogP contribution in [0.1, 0.15) is 16.1 Å². The molecular weight excluding hydrogens is 392 g/mol. The number of aromatic nitrogens is 2. The van der Waals surface area contributed by atoms with Crippen molar-refractivity contribution in [3.63, 3.8) is 0 Å². The number of ether oxygens (including phenoxy) is 2. The first-order chi connectivity index (χ1) is 15.1. The summed E-state index contributed by atoms with van der Waals surface area (Å²) in [4.78, 5) is 16.2. The van der Waals surface area contributed by atoms with Gasteiger partial charge in [-0.15, -0.1) is 0 Å². The van der Waals surface area contributed by atoms with Gasteiger partial charge in [0.25, 0.3) is 5.91 Å². The van der Waals surface area contributed by atoms with Crippen molar-refractivity contribution in [1.82, 2.24) is 15.1 Å². The lowest BCUT2D eigenvalue weighted by molar-refractivity contribution is -0.903. The number of aryl methyl sites for hydroxylation is 1. The Balaban J connectivity index is 1.25. The van der Waals surface area contributed by atoms with Crippen LogP contribution >= 0.6 is 0 Å². The summed E-state index contributed by atoms with van der Waals surface area (Å²) < 4.78 is 11.0. The van der Waals surface area contributed by atoms with Gasteiger partial charge in [0.2, 0.25) is 0 Å². The Morgan fingerprint density at radius 2 is 1.74 bits per heavy atom. The largest absolute Gasteiger partial charge is 0.497 e. The molecule has 2 aromatic carbocycles. The molecule has 1 fully saturated rings. The van der Waals surface area contributed by atoms with Crippen LogP contribution in [0.5, 0.6) is 11.5 Å². The second kappa shape index (κ2) is 9.66. The van der Waals surface area contributed by atoms with Crippen molar-refractivity contribution in [2.45, 2.75) is 6.92 Å². The molecule has 1 amide bonds. The predicted octanol–water partition coefficient (Wildman–Crippen LogP) is 1.81. The molecule has 2 heterocycles. The van der Waals surface area contributed by atoms with Gasteiger partial charge in [0.1, 0.15) is 30.3 Å². The highest BCUT2D eigenvalue weighted by molar-refractivity contribution is 5.93. The Hall–Kier alpha value is -3.32. The lowest BCUT2D eigenvalue weighted by atomic mass is 10.1.